The van der Waals surface area contributed by atoms with Gasteiger partial charge in [0.1, 0.15) is 0 Å². The van der Waals surface area contributed by atoms with Crippen molar-refractivity contribution in [2.24, 2.45) is 0 Å². The van der Waals surface area contributed by atoms with Crippen LogP contribution in [0.25, 0.3) is 0 Å². The van der Waals surface area contributed by atoms with Crippen molar-refractivity contribution in [3.8, 4) is 0 Å². The van der Waals surface area contributed by atoms with E-state index in [0.29, 0.717) is 0 Å². The van der Waals surface area contributed by atoms with Gasteiger partial charge >= 0.3 is 0 Å². The van der Waals surface area contributed by atoms with Crippen LogP contribution in [0.1, 0.15) is 0 Å². The first-order chi connectivity index (χ1) is 3.00. The van der Waals surface area contributed by atoms with Gasteiger partial charge in [0, 0.05) is 65.4 Å². The van der Waals surface area contributed by atoms with E-state index >= 15 is 0 Å². The number of rotatable bonds is 0. The van der Waals surface area contributed by atoms with Gasteiger partial charge in [-0.3, -0.25) is 18.3 Å². The summed E-state index contributed by atoms with van der Waals surface area (Å²) in [5.74, 6) is 0. The summed E-state index contributed by atoms with van der Waals surface area (Å²) in [6.07, 6.45) is 4.23. The SMILES string of the molecule is [CH3-].[Y].[Y].[c-]1c[c-]ncc1. The van der Waals surface area contributed by atoms with E-state index < -0.39 is 0 Å². The zero-order valence-electron chi connectivity index (χ0n) is 5.33. The molecule has 9 heavy (non-hydrogen) atoms. The monoisotopic (exact) mass is 270 g/mol. The molecular formula is C6H6NY2-3. The average molecular weight is 270 g/mol. The predicted octanol–water partition coefficient (Wildman–Crippen LogP) is 1.13. The molecule has 0 unspecified atom stereocenters. The maximum absolute atomic E-state index is 3.63. The second-order valence-electron chi connectivity index (χ2n) is 0.885. The molecule has 0 spiro atoms. The normalized spacial score (nSPS) is 5.33. The first-order valence-corrected chi connectivity index (χ1v) is 1.68. The largest absolute Gasteiger partial charge is 0.529 e. The van der Waals surface area contributed by atoms with Crippen molar-refractivity contribution < 1.29 is 65.4 Å². The smallest absolute Gasteiger partial charge is 0 e. The van der Waals surface area contributed by atoms with Crippen molar-refractivity contribution in [3.05, 3.63) is 38.0 Å². The fourth-order valence-electron chi connectivity index (χ4n) is 0.246. The molecule has 0 aliphatic heterocycles. The molecule has 1 aromatic rings. The Hall–Kier alpha value is 1.36. The van der Waals surface area contributed by atoms with Gasteiger partial charge in [0.15, 0.2) is 0 Å². The van der Waals surface area contributed by atoms with Crippen LogP contribution < -0.4 is 0 Å². The summed E-state index contributed by atoms with van der Waals surface area (Å²) in [6.45, 7) is 0. The maximum Gasteiger partial charge on any atom is 0 e. The van der Waals surface area contributed by atoms with E-state index in [1.807, 2.05) is 0 Å². The van der Waals surface area contributed by atoms with Crippen LogP contribution in [0.4, 0.5) is 0 Å². The van der Waals surface area contributed by atoms with Gasteiger partial charge in [-0.1, -0.05) is 0 Å². The van der Waals surface area contributed by atoms with Crippen LogP contribution in [0, 0.1) is 19.7 Å². The molecule has 3 heteroatoms. The summed E-state index contributed by atoms with van der Waals surface area (Å²) in [6, 6.07) is 6.15. The molecule has 0 aliphatic carbocycles. The maximum atomic E-state index is 3.63. The molecule has 0 N–H and O–H groups in total. The van der Waals surface area contributed by atoms with Gasteiger partial charge in [-0.05, 0) is 0 Å². The fourth-order valence-corrected chi connectivity index (χ4v) is 0.246. The van der Waals surface area contributed by atoms with Crippen molar-refractivity contribution in [2.45, 2.75) is 0 Å². The van der Waals surface area contributed by atoms with E-state index in [1.165, 1.54) is 0 Å². The molecule has 1 nitrogen and oxygen atoms in total. The van der Waals surface area contributed by atoms with Crippen molar-refractivity contribution in [3.63, 3.8) is 0 Å². The molecule has 0 saturated carbocycles. The summed E-state index contributed by atoms with van der Waals surface area (Å²) >= 11 is 0. The van der Waals surface area contributed by atoms with Crippen molar-refractivity contribution >= 4 is 0 Å². The topological polar surface area (TPSA) is 12.9 Å². The quantitative estimate of drug-likeness (QED) is 0.644. The molecule has 0 atom stereocenters. The van der Waals surface area contributed by atoms with Crippen LogP contribution in [0.2, 0.25) is 0 Å². The molecule has 1 aromatic heterocycles. The Kier molecular flexibility index (Phi) is 22.5. The van der Waals surface area contributed by atoms with Gasteiger partial charge in [0.25, 0.3) is 0 Å². The number of hydrogen-bond acceptors (Lipinski definition) is 1. The van der Waals surface area contributed by atoms with Crippen LogP contribution in [0.3, 0.4) is 0 Å². The first-order valence-electron chi connectivity index (χ1n) is 1.68. The molecule has 0 aromatic carbocycles. The zero-order chi connectivity index (χ0) is 4.24. The van der Waals surface area contributed by atoms with Crippen LogP contribution in [0.5, 0.6) is 0 Å². The number of aromatic nitrogens is 1. The first kappa shape index (κ1) is 16.8. The number of hydrogen-bond donors (Lipinski definition) is 0. The summed E-state index contributed by atoms with van der Waals surface area (Å²) in [7, 11) is 0. The Labute approximate surface area is 107 Å². The van der Waals surface area contributed by atoms with Gasteiger partial charge in [-0.15, -0.1) is 0 Å². The van der Waals surface area contributed by atoms with Crippen molar-refractivity contribution in [1.29, 1.82) is 0 Å². The molecule has 44 valence electrons. The minimum Gasteiger partial charge on any atom is -0.529 e. The van der Waals surface area contributed by atoms with E-state index in [9.17, 15) is 0 Å². The fraction of sp³-hybridized carbons (Fsp3) is 0. The minimum absolute atomic E-state index is 0. The van der Waals surface area contributed by atoms with E-state index in [2.05, 4.69) is 17.2 Å². The minimum atomic E-state index is 0. The van der Waals surface area contributed by atoms with Gasteiger partial charge in [-0.25, -0.2) is 6.20 Å². The van der Waals surface area contributed by atoms with Crippen LogP contribution in [-0.4, -0.2) is 4.98 Å². The Bertz CT molecular complexity index is 83.0. The van der Waals surface area contributed by atoms with E-state index in [4.69, 9.17) is 0 Å². The van der Waals surface area contributed by atoms with Gasteiger partial charge < -0.3 is 18.5 Å². The summed E-state index contributed by atoms with van der Waals surface area (Å²) in [4.78, 5) is 3.63. The van der Waals surface area contributed by atoms with E-state index in [-0.39, 0.29) is 72.8 Å². The van der Waals surface area contributed by atoms with Gasteiger partial charge in [0.05, 0.1) is 0 Å². The average Bonchev–Trinajstić information content (AvgIpc) is 1.72. The van der Waals surface area contributed by atoms with E-state index in [1.54, 1.807) is 18.3 Å². The summed E-state index contributed by atoms with van der Waals surface area (Å²) in [5, 5.41) is 0. The Morgan fingerprint density at radius 2 is 1.89 bits per heavy atom. The zero-order valence-corrected chi connectivity index (χ0v) is 11.0. The molecule has 0 saturated heterocycles. The molecule has 2 radical (unpaired) electrons. The van der Waals surface area contributed by atoms with Gasteiger partial charge in [-0.2, -0.15) is 0 Å². The Balaban J connectivity index is -0.000000120. The third-order valence-electron chi connectivity index (χ3n) is 0.468. The second-order valence-corrected chi connectivity index (χ2v) is 0.885. The van der Waals surface area contributed by atoms with Crippen molar-refractivity contribution in [1.82, 2.24) is 4.98 Å². The molecule has 0 amide bonds. The molecule has 1 heterocycles. The third-order valence-corrected chi connectivity index (χ3v) is 0.468. The Morgan fingerprint density at radius 1 is 1.22 bits per heavy atom. The molecule has 0 bridgehead atoms. The second kappa shape index (κ2) is 12.1. The predicted molar refractivity (Wildman–Crippen MR) is 28.3 cm³/mol. The summed E-state index contributed by atoms with van der Waals surface area (Å²) in [5.41, 5.74) is 0. The Morgan fingerprint density at radius 3 is 2.00 bits per heavy atom. The van der Waals surface area contributed by atoms with E-state index in [0.717, 1.165) is 0 Å². The standard InChI is InChI=1S/C5H3N.CH3.2Y/c1-2-4-6-5-3-1;;;/h2-4H;1H3;;/q-2;-1;;. The van der Waals surface area contributed by atoms with Crippen molar-refractivity contribution in [2.75, 3.05) is 0 Å². The van der Waals surface area contributed by atoms with Crippen LogP contribution in [0.15, 0.2) is 18.3 Å². The molecular weight excluding hydrogens is 264 g/mol. The third kappa shape index (κ3) is 9.36. The summed E-state index contributed by atoms with van der Waals surface area (Å²) < 4.78 is 0. The number of nitrogens with zero attached hydrogens (tertiary/aromatic N) is 1. The van der Waals surface area contributed by atoms with Crippen LogP contribution in [-0.2, 0) is 65.4 Å². The van der Waals surface area contributed by atoms with Gasteiger partial charge in [0.2, 0.25) is 0 Å². The number of pyridine rings is 1. The molecule has 0 fully saturated rings. The molecule has 0 aliphatic rings. The van der Waals surface area contributed by atoms with Crippen LogP contribution >= 0.6 is 0 Å². The molecule has 1 rings (SSSR count).